The predicted molar refractivity (Wildman–Crippen MR) is 77.2 cm³/mol. The van der Waals surface area contributed by atoms with Crippen molar-refractivity contribution in [2.75, 3.05) is 0 Å². The third-order valence-electron chi connectivity index (χ3n) is 2.51. The van der Waals surface area contributed by atoms with E-state index in [9.17, 15) is 4.39 Å². The van der Waals surface area contributed by atoms with E-state index in [1.807, 2.05) is 18.2 Å². The fourth-order valence-corrected chi connectivity index (χ4v) is 2.80. The number of thioether (sulfide) groups is 1. The smallest absolute Gasteiger partial charge is 0.423 e. The van der Waals surface area contributed by atoms with Crippen LogP contribution in [-0.4, -0.2) is 17.2 Å². The summed E-state index contributed by atoms with van der Waals surface area (Å²) in [5.41, 5.74) is 0.822. The van der Waals surface area contributed by atoms with Gasteiger partial charge in [-0.15, -0.1) is 11.8 Å². The van der Waals surface area contributed by atoms with Gasteiger partial charge in [-0.3, -0.25) is 0 Å². The van der Waals surface area contributed by atoms with Crippen LogP contribution < -0.4 is 5.46 Å². The standard InChI is InChI=1S/C13H11BClFO2S/c15-12-3-1-2-4-13(12)19-8-9-5-10(14(17)18)7-11(16)6-9/h1-7,17-18H,8H2. The second kappa shape index (κ2) is 6.43. The van der Waals surface area contributed by atoms with E-state index in [2.05, 4.69) is 0 Å². The van der Waals surface area contributed by atoms with E-state index in [0.29, 0.717) is 16.3 Å². The number of hydrogen-bond acceptors (Lipinski definition) is 3. The maximum absolute atomic E-state index is 13.3. The molecule has 0 aromatic heterocycles. The van der Waals surface area contributed by atoms with Gasteiger partial charge in [0.05, 0.1) is 5.02 Å². The Labute approximate surface area is 120 Å². The first-order chi connectivity index (χ1) is 9.06. The minimum atomic E-state index is -1.67. The van der Waals surface area contributed by atoms with Crippen LogP contribution in [0.4, 0.5) is 4.39 Å². The maximum atomic E-state index is 13.3. The third kappa shape index (κ3) is 3.98. The maximum Gasteiger partial charge on any atom is 0.488 e. The zero-order valence-electron chi connectivity index (χ0n) is 9.88. The van der Waals surface area contributed by atoms with Crippen molar-refractivity contribution in [3.8, 4) is 0 Å². The molecule has 2 rings (SSSR count). The van der Waals surface area contributed by atoms with Crippen molar-refractivity contribution >= 4 is 35.9 Å². The monoisotopic (exact) mass is 296 g/mol. The van der Waals surface area contributed by atoms with Crippen molar-refractivity contribution in [1.29, 1.82) is 0 Å². The summed E-state index contributed by atoms with van der Waals surface area (Å²) in [6.07, 6.45) is 0. The summed E-state index contributed by atoms with van der Waals surface area (Å²) in [5.74, 6) is 0.0154. The first-order valence-corrected chi connectivity index (χ1v) is 6.95. The fraction of sp³-hybridized carbons (Fsp3) is 0.0769. The normalized spacial score (nSPS) is 10.5. The Morgan fingerprint density at radius 3 is 2.58 bits per heavy atom. The molecule has 0 fully saturated rings. The molecule has 0 unspecified atom stereocenters. The lowest BCUT2D eigenvalue weighted by Crippen LogP contribution is -2.30. The second-order valence-corrected chi connectivity index (χ2v) is 5.41. The lowest BCUT2D eigenvalue weighted by molar-refractivity contribution is 0.425. The number of benzene rings is 2. The van der Waals surface area contributed by atoms with E-state index in [-0.39, 0.29) is 5.46 Å². The van der Waals surface area contributed by atoms with Gasteiger partial charge in [0.2, 0.25) is 0 Å². The molecule has 0 saturated carbocycles. The van der Waals surface area contributed by atoms with E-state index in [0.717, 1.165) is 11.0 Å². The molecule has 0 heterocycles. The fourth-order valence-electron chi connectivity index (χ4n) is 1.63. The van der Waals surface area contributed by atoms with Gasteiger partial charge >= 0.3 is 7.12 Å². The van der Waals surface area contributed by atoms with Crippen molar-refractivity contribution in [3.05, 3.63) is 58.9 Å². The summed E-state index contributed by atoms with van der Waals surface area (Å²) in [4.78, 5) is 0.902. The lowest BCUT2D eigenvalue weighted by Gasteiger charge is -2.07. The molecule has 2 nitrogen and oxygen atoms in total. The van der Waals surface area contributed by atoms with Crippen LogP contribution in [0.15, 0.2) is 47.4 Å². The van der Waals surface area contributed by atoms with Gasteiger partial charge < -0.3 is 10.0 Å². The molecule has 0 aliphatic rings. The Morgan fingerprint density at radius 1 is 1.16 bits per heavy atom. The summed E-state index contributed by atoms with van der Waals surface area (Å²) >= 11 is 7.50. The molecule has 6 heteroatoms. The molecule has 0 aliphatic carbocycles. The lowest BCUT2D eigenvalue weighted by atomic mass is 9.79. The summed E-state index contributed by atoms with van der Waals surface area (Å²) in [7, 11) is -1.67. The molecular formula is C13H11BClFO2S. The molecular weight excluding hydrogens is 285 g/mol. The van der Waals surface area contributed by atoms with E-state index < -0.39 is 12.9 Å². The van der Waals surface area contributed by atoms with Gasteiger partial charge in [0.1, 0.15) is 5.82 Å². The van der Waals surface area contributed by atoms with E-state index in [4.69, 9.17) is 21.6 Å². The topological polar surface area (TPSA) is 40.5 Å². The van der Waals surface area contributed by atoms with Crippen molar-refractivity contribution in [2.24, 2.45) is 0 Å². The molecule has 0 atom stereocenters. The zero-order valence-corrected chi connectivity index (χ0v) is 11.5. The molecule has 0 amide bonds. The van der Waals surface area contributed by atoms with Crippen LogP contribution >= 0.6 is 23.4 Å². The Bertz CT molecular complexity index is 580. The average molecular weight is 297 g/mol. The highest BCUT2D eigenvalue weighted by Crippen LogP contribution is 2.29. The predicted octanol–water partition coefficient (Wildman–Crippen LogP) is 2.45. The van der Waals surface area contributed by atoms with Crippen LogP contribution in [0, 0.1) is 5.82 Å². The van der Waals surface area contributed by atoms with Crippen molar-refractivity contribution in [2.45, 2.75) is 10.6 Å². The minimum absolute atomic E-state index is 0.148. The van der Waals surface area contributed by atoms with Gasteiger partial charge in [0.15, 0.2) is 0 Å². The van der Waals surface area contributed by atoms with E-state index >= 15 is 0 Å². The van der Waals surface area contributed by atoms with Gasteiger partial charge in [-0.05, 0) is 35.3 Å². The minimum Gasteiger partial charge on any atom is -0.423 e. The highest BCUT2D eigenvalue weighted by Gasteiger charge is 2.13. The summed E-state index contributed by atoms with van der Waals surface area (Å²) in [5, 5.41) is 18.8. The number of halogens is 2. The second-order valence-electron chi connectivity index (χ2n) is 3.99. The quantitative estimate of drug-likeness (QED) is 0.672. The average Bonchev–Trinajstić information content (AvgIpc) is 2.37. The Kier molecular flexibility index (Phi) is 4.88. The Hall–Kier alpha value is -1.01. The molecule has 2 N–H and O–H groups in total. The number of rotatable bonds is 4. The Balaban J connectivity index is 2.14. The van der Waals surface area contributed by atoms with Crippen molar-refractivity contribution in [1.82, 2.24) is 0 Å². The van der Waals surface area contributed by atoms with Crippen LogP contribution in [0.25, 0.3) is 0 Å². The van der Waals surface area contributed by atoms with Crippen LogP contribution in [0.3, 0.4) is 0 Å². The van der Waals surface area contributed by atoms with E-state index in [1.165, 1.54) is 17.8 Å². The molecule has 0 radical (unpaired) electrons. The highest BCUT2D eigenvalue weighted by molar-refractivity contribution is 7.98. The van der Waals surface area contributed by atoms with E-state index in [1.54, 1.807) is 12.1 Å². The first-order valence-electron chi connectivity index (χ1n) is 5.59. The van der Waals surface area contributed by atoms with Crippen LogP contribution in [0.1, 0.15) is 5.56 Å². The zero-order chi connectivity index (χ0) is 13.8. The molecule has 0 spiro atoms. The molecule has 2 aromatic carbocycles. The van der Waals surface area contributed by atoms with Crippen molar-refractivity contribution in [3.63, 3.8) is 0 Å². The molecule has 0 aliphatic heterocycles. The van der Waals surface area contributed by atoms with Gasteiger partial charge in [-0.2, -0.15) is 0 Å². The first kappa shape index (κ1) is 14.4. The largest absolute Gasteiger partial charge is 0.488 e. The van der Waals surface area contributed by atoms with Crippen LogP contribution in [-0.2, 0) is 5.75 Å². The van der Waals surface area contributed by atoms with Gasteiger partial charge in [-0.1, -0.05) is 29.8 Å². The van der Waals surface area contributed by atoms with Gasteiger partial charge in [0, 0.05) is 10.6 Å². The molecule has 0 bridgehead atoms. The highest BCUT2D eigenvalue weighted by atomic mass is 35.5. The molecule has 19 heavy (non-hydrogen) atoms. The van der Waals surface area contributed by atoms with Crippen LogP contribution in [0.5, 0.6) is 0 Å². The Morgan fingerprint density at radius 2 is 1.89 bits per heavy atom. The summed E-state index contributed by atoms with van der Waals surface area (Å²) < 4.78 is 13.3. The molecule has 2 aromatic rings. The summed E-state index contributed by atoms with van der Waals surface area (Å²) in [6, 6.07) is 11.4. The third-order valence-corrected chi connectivity index (χ3v) is 4.10. The van der Waals surface area contributed by atoms with Crippen molar-refractivity contribution < 1.29 is 14.4 Å². The molecule has 0 saturated heterocycles. The van der Waals surface area contributed by atoms with Gasteiger partial charge in [0.25, 0.3) is 0 Å². The molecule has 98 valence electrons. The van der Waals surface area contributed by atoms with Gasteiger partial charge in [-0.25, -0.2) is 4.39 Å². The van der Waals surface area contributed by atoms with Crippen LogP contribution in [0.2, 0.25) is 5.02 Å². The SMILES string of the molecule is OB(O)c1cc(F)cc(CSc2ccccc2Cl)c1. The summed E-state index contributed by atoms with van der Waals surface area (Å²) in [6.45, 7) is 0. The number of hydrogen-bond donors (Lipinski definition) is 2.